The van der Waals surface area contributed by atoms with Crippen molar-refractivity contribution < 1.29 is 4.74 Å². The Morgan fingerprint density at radius 3 is 3.06 bits per heavy atom. The van der Waals surface area contributed by atoms with Gasteiger partial charge in [0.1, 0.15) is 0 Å². The van der Waals surface area contributed by atoms with Crippen molar-refractivity contribution in [1.29, 1.82) is 0 Å². The van der Waals surface area contributed by atoms with Crippen molar-refractivity contribution >= 4 is 23.0 Å². The van der Waals surface area contributed by atoms with Gasteiger partial charge in [0.05, 0.1) is 6.61 Å². The van der Waals surface area contributed by atoms with E-state index in [1.165, 1.54) is 11.3 Å². The zero-order valence-corrected chi connectivity index (χ0v) is 11.1. The minimum Gasteiger partial charge on any atom is -0.383 e. The van der Waals surface area contributed by atoms with Crippen molar-refractivity contribution in [1.82, 2.24) is 5.32 Å². The number of nitrogens with one attached hydrogen (secondary N) is 1. The van der Waals surface area contributed by atoms with Crippen LogP contribution < -0.4 is 10.2 Å². The molecule has 0 saturated carbocycles. The van der Waals surface area contributed by atoms with Gasteiger partial charge in [-0.05, 0) is 37.2 Å². The summed E-state index contributed by atoms with van der Waals surface area (Å²) in [7, 11) is 1.69. The number of rotatable bonds is 3. The average Bonchev–Trinajstić information content (AvgIpc) is 2.65. The van der Waals surface area contributed by atoms with E-state index in [1.54, 1.807) is 7.11 Å². The lowest BCUT2D eigenvalue weighted by Crippen LogP contribution is -2.44. The van der Waals surface area contributed by atoms with E-state index in [0.29, 0.717) is 12.6 Å². The van der Waals surface area contributed by atoms with Gasteiger partial charge in [-0.15, -0.1) is 0 Å². The normalized spacial score (nSPS) is 18.0. The van der Waals surface area contributed by atoms with Crippen molar-refractivity contribution in [2.75, 3.05) is 25.2 Å². The summed E-state index contributed by atoms with van der Waals surface area (Å²) in [5.41, 5.74) is 2.60. The molecule has 1 aromatic carbocycles. The molecule has 1 aliphatic rings. The Morgan fingerprint density at radius 1 is 1.53 bits per heavy atom. The van der Waals surface area contributed by atoms with Crippen LogP contribution in [0.5, 0.6) is 0 Å². The third-order valence-electron chi connectivity index (χ3n) is 3.01. The molecule has 1 heterocycles. The molecule has 17 heavy (non-hydrogen) atoms. The smallest absolute Gasteiger partial charge is 0.173 e. The highest BCUT2D eigenvalue weighted by Crippen LogP contribution is 2.31. The van der Waals surface area contributed by atoms with Crippen LogP contribution in [0.4, 0.5) is 5.69 Å². The Bertz CT molecular complexity index is 408. The topological polar surface area (TPSA) is 24.5 Å². The first-order chi connectivity index (χ1) is 8.24. The molecule has 3 nitrogen and oxygen atoms in total. The summed E-state index contributed by atoms with van der Waals surface area (Å²) in [5, 5.41) is 4.02. The highest BCUT2D eigenvalue weighted by Gasteiger charge is 2.27. The summed E-state index contributed by atoms with van der Waals surface area (Å²) in [5.74, 6) is 0. The molecular weight excluding hydrogens is 232 g/mol. The van der Waals surface area contributed by atoms with Crippen molar-refractivity contribution in [3.05, 3.63) is 29.8 Å². The molecule has 0 spiro atoms. The molecule has 0 amide bonds. The quantitative estimate of drug-likeness (QED) is 0.655. The molecule has 92 valence electrons. The van der Waals surface area contributed by atoms with Crippen molar-refractivity contribution in [2.24, 2.45) is 0 Å². The maximum absolute atomic E-state index is 5.44. The Hall–Kier alpha value is -1.13. The van der Waals surface area contributed by atoms with Crippen LogP contribution >= 0.6 is 12.2 Å². The third-order valence-corrected chi connectivity index (χ3v) is 3.35. The van der Waals surface area contributed by atoms with Crippen LogP contribution in [0.25, 0.3) is 0 Å². The molecule has 0 unspecified atom stereocenters. The maximum Gasteiger partial charge on any atom is 0.173 e. The Morgan fingerprint density at radius 2 is 2.29 bits per heavy atom. The number of hydrogen-bond donors (Lipinski definition) is 1. The molecule has 1 N–H and O–H groups in total. The first-order valence-corrected chi connectivity index (χ1v) is 6.28. The van der Waals surface area contributed by atoms with Crippen LogP contribution in [0.1, 0.15) is 12.5 Å². The zero-order chi connectivity index (χ0) is 12.3. The van der Waals surface area contributed by atoms with Crippen LogP contribution in [0.3, 0.4) is 0 Å². The SMILES string of the molecule is COCCNC(=S)N1c2ccccc2C[C@@H]1C. The first-order valence-electron chi connectivity index (χ1n) is 5.88. The monoisotopic (exact) mass is 250 g/mol. The number of fused-ring (bicyclic) bond motifs is 1. The fourth-order valence-corrected chi connectivity index (χ4v) is 2.60. The second-order valence-electron chi connectivity index (χ2n) is 4.28. The number of thiocarbonyl (C=S) groups is 1. The third kappa shape index (κ3) is 2.58. The van der Waals surface area contributed by atoms with Crippen LogP contribution in [0, 0.1) is 0 Å². The summed E-state index contributed by atoms with van der Waals surface area (Å²) < 4.78 is 5.01. The van der Waals surface area contributed by atoms with Gasteiger partial charge in [0, 0.05) is 25.4 Å². The highest BCUT2D eigenvalue weighted by molar-refractivity contribution is 7.80. The van der Waals surface area contributed by atoms with Crippen molar-refractivity contribution in [2.45, 2.75) is 19.4 Å². The van der Waals surface area contributed by atoms with Gasteiger partial charge in [-0.2, -0.15) is 0 Å². The van der Waals surface area contributed by atoms with Crippen LogP contribution in [-0.4, -0.2) is 31.4 Å². The second-order valence-corrected chi connectivity index (χ2v) is 4.66. The molecule has 0 aliphatic carbocycles. The predicted molar refractivity (Wildman–Crippen MR) is 74.6 cm³/mol. The number of ether oxygens (including phenoxy) is 1. The summed E-state index contributed by atoms with van der Waals surface area (Å²) in [6.45, 7) is 3.62. The highest BCUT2D eigenvalue weighted by atomic mass is 32.1. The molecule has 0 aromatic heterocycles. The summed E-state index contributed by atoms with van der Waals surface area (Å²) in [6.07, 6.45) is 1.06. The number of methoxy groups -OCH3 is 1. The predicted octanol–water partition coefficient (Wildman–Crippen LogP) is 1.96. The summed E-state index contributed by atoms with van der Waals surface area (Å²) >= 11 is 5.44. The van der Waals surface area contributed by atoms with E-state index in [2.05, 4.69) is 41.4 Å². The van der Waals surface area contributed by atoms with Crippen LogP contribution in [-0.2, 0) is 11.2 Å². The number of hydrogen-bond acceptors (Lipinski definition) is 2. The lowest BCUT2D eigenvalue weighted by molar-refractivity contribution is 0.204. The van der Waals surface area contributed by atoms with Crippen molar-refractivity contribution in [3.8, 4) is 0 Å². The molecular formula is C13H18N2OS. The summed E-state index contributed by atoms with van der Waals surface area (Å²) in [6, 6.07) is 8.86. The molecule has 2 rings (SSSR count). The molecule has 1 aromatic rings. The number of anilines is 1. The lowest BCUT2D eigenvalue weighted by Gasteiger charge is -2.26. The van der Waals surface area contributed by atoms with Crippen LogP contribution in [0.2, 0.25) is 0 Å². The van der Waals surface area contributed by atoms with Gasteiger partial charge in [0.25, 0.3) is 0 Å². The molecule has 0 saturated heterocycles. The molecule has 4 heteroatoms. The van der Waals surface area contributed by atoms with Gasteiger partial charge in [-0.3, -0.25) is 0 Å². The minimum atomic E-state index is 0.426. The Balaban J connectivity index is 2.08. The van der Waals surface area contributed by atoms with Gasteiger partial charge in [0.2, 0.25) is 0 Å². The van der Waals surface area contributed by atoms with E-state index >= 15 is 0 Å². The van der Waals surface area contributed by atoms with Crippen molar-refractivity contribution in [3.63, 3.8) is 0 Å². The standard InChI is InChI=1S/C13H18N2OS/c1-10-9-11-5-3-4-6-12(11)15(10)13(17)14-7-8-16-2/h3-6,10H,7-9H2,1-2H3,(H,14,17)/t10-/m0/s1. The minimum absolute atomic E-state index is 0.426. The zero-order valence-electron chi connectivity index (χ0n) is 10.3. The van der Waals surface area contributed by atoms with E-state index in [0.717, 1.165) is 18.1 Å². The molecule has 0 fully saturated rings. The van der Waals surface area contributed by atoms with E-state index in [9.17, 15) is 0 Å². The summed E-state index contributed by atoms with van der Waals surface area (Å²) in [4.78, 5) is 2.19. The van der Waals surface area contributed by atoms with E-state index < -0.39 is 0 Å². The first kappa shape index (κ1) is 12.3. The Kier molecular flexibility index (Phi) is 3.97. The van der Waals surface area contributed by atoms with Gasteiger partial charge >= 0.3 is 0 Å². The number of para-hydroxylation sites is 1. The molecule has 1 aliphatic heterocycles. The van der Waals surface area contributed by atoms with E-state index in [4.69, 9.17) is 17.0 Å². The second kappa shape index (κ2) is 5.47. The molecule has 0 radical (unpaired) electrons. The fraction of sp³-hybridized carbons (Fsp3) is 0.462. The van der Waals surface area contributed by atoms with Gasteiger partial charge in [-0.25, -0.2) is 0 Å². The molecule has 1 atom stereocenters. The van der Waals surface area contributed by atoms with E-state index in [1.807, 2.05) is 0 Å². The molecule has 0 bridgehead atoms. The van der Waals surface area contributed by atoms with Gasteiger partial charge in [-0.1, -0.05) is 18.2 Å². The lowest BCUT2D eigenvalue weighted by atomic mass is 10.1. The van der Waals surface area contributed by atoms with E-state index in [-0.39, 0.29) is 0 Å². The van der Waals surface area contributed by atoms with Gasteiger partial charge < -0.3 is 15.0 Å². The average molecular weight is 250 g/mol. The fourth-order valence-electron chi connectivity index (χ4n) is 2.22. The van der Waals surface area contributed by atoms with Gasteiger partial charge in [0.15, 0.2) is 5.11 Å². The largest absolute Gasteiger partial charge is 0.383 e. The maximum atomic E-state index is 5.44. The Labute approximate surface area is 108 Å². The number of nitrogens with zero attached hydrogens (tertiary/aromatic N) is 1. The van der Waals surface area contributed by atoms with Crippen LogP contribution in [0.15, 0.2) is 24.3 Å². The number of benzene rings is 1.